The van der Waals surface area contributed by atoms with E-state index >= 15 is 0 Å². The number of aromatic nitrogens is 2. The average Bonchev–Trinajstić information content (AvgIpc) is 2.97. The van der Waals surface area contributed by atoms with Crippen LogP contribution in [0.4, 0.5) is 0 Å². The molecule has 20 heavy (non-hydrogen) atoms. The van der Waals surface area contributed by atoms with Gasteiger partial charge in [0.1, 0.15) is 12.1 Å². The average molecular weight is 275 g/mol. The molecular weight excluding hydrogens is 254 g/mol. The van der Waals surface area contributed by atoms with E-state index in [-0.39, 0.29) is 6.10 Å². The zero-order valence-electron chi connectivity index (χ0n) is 12.0. The Kier molecular flexibility index (Phi) is 5.26. The number of nitrogens with zero attached hydrogens (tertiary/aromatic N) is 2. The summed E-state index contributed by atoms with van der Waals surface area (Å²) >= 11 is 0. The van der Waals surface area contributed by atoms with Gasteiger partial charge in [-0.1, -0.05) is 48.8 Å². The molecule has 1 aromatic carbocycles. The minimum Gasteiger partial charge on any atom is -0.370 e. The second kappa shape index (κ2) is 7.17. The summed E-state index contributed by atoms with van der Waals surface area (Å²) in [5.41, 5.74) is 7.09. The van der Waals surface area contributed by atoms with Gasteiger partial charge in [-0.2, -0.15) is 4.98 Å². The highest BCUT2D eigenvalue weighted by Gasteiger charge is 2.21. The smallest absolute Gasteiger partial charge is 0.248 e. The standard InChI is InChI=1S/C15H21N3O2/c1-3-8-12(19-4-2)14-17-15(20-18-14)13(16)11-9-6-5-7-10-11/h5-7,9-10,12-13H,3-4,8,16H2,1-2H3/t12?,13-/m1/s1. The fourth-order valence-electron chi connectivity index (χ4n) is 2.06. The molecule has 0 saturated heterocycles. The Morgan fingerprint density at radius 3 is 2.65 bits per heavy atom. The van der Waals surface area contributed by atoms with Gasteiger partial charge in [0.25, 0.3) is 0 Å². The van der Waals surface area contributed by atoms with Crippen LogP contribution in [-0.2, 0) is 4.74 Å². The maximum absolute atomic E-state index is 6.14. The predicted octanol–water partition coefficient (Wildman–Crippen LogP) is 3.00. The van der Waals surface area contributed by atoms with Crippen molar-refractivity contribution in [2.45, 2.75) is 38.8 Å². The molecule has 1 heterocycles. The van der Waals surface area contributed by atoms with Crippen LogP contribution >= 0.6 is 0 Å². The molecule has 5 heteroatoms. The highest BCUT2D eigenvalue weighted by molar-refractivity contribution is 5.23. The maximum atomic E-state index is 6.14. The first-order chi connectivity index (χ1) is 9.76. The van der Waals surface area contributed by atoms with Crippen molar-refractivity contribution in [1.29, 1.82) is 0 Å². The van der Waals surface area contributed by atoms with Crippen LogP contribution in [0.1, 0.15) is 56.1 Å². The van der Waals surface area contributed by atoms with E-state index in [1.54, 1.807) is 0 Å². The van der Waals surface area contributed by atoms with Crippen molar-refractivity contribution in [1.82, 2.24) is 10.1 Å². The van der Waals surface area contributed by atoms with Gasteiger partial charge >= 0.3 is 0 Å². The molecule has 2 rings (SSSR count). The van der Waals surface area contributed by atoms with Crippen molar-refractivity contribution >= 4 is 0 Å². The van der Waals surface area contributed by atoms with Crippen LogP contribution in [-0.4, -0.2) is 16.7 Å². The van der Waals surface area contributed by atoms with E-state index in [2.05, 4.69) is 17.1 Å². The van der Waals surface area contributed by atoms with Crippen molar-refractivity contribution in [2.24, 2.45) is 5.73 Å². The van der Waals surface area contributed by atoms with E-state index in [1.165, 1.54) is 0 Å². The summed E-state index contributed by atoms with van der Waals surface area (Å²) in [6.07, 6.45) is 1.75. The van der Waals surface area contributed by atoms with Gasteiger partial charge in [-0.25, -0.2) is 0 Å². The van der Waals surface area contributed by atoms with Crippen molar-refractivity contribution in [3.63, 3.8) is 0 Å². The quantitative estimate of drug-likeness (QED) is 0.840. The lowest BCUT2D eigenvalue weighted by Crippen LogP contribution is -2.13. The Hall–Kier alpha value is -1.72. The highest BCUT2D eigenvalue weighted by atomic mass is 16.5. The SMILES string of the molecule is CCCC(OCC)c1noc([C@H](N)c2ccccc2)n1. The summed E-state index contributed by atoms with van der Waals surface area (Å²) in [6.45, 7) is 4.68. The number of hydrogen-bond acceptors (Lipinski definition) is 5. The Bertz CT molecular complexity index is 507. The zero-order chi connectivity index (χ0) is 14.4. The number of ether oxygens (including phenoxy) is 1. The third-order valence-electron chi connectivity index (χ3n) is 3.09. The lowest BCUT2D eigenvalue weighted by molar-refractivity contribution is 0.0477. The largest absolute Gasteiger partial charge is 0.370 e. The van der Waals surface area contributed by atoms with Crippen LogP contribution in [0.15, 0.2) is 34.9 Å². The van der Waals surface area contributed by atoms with Crippen LogP contribution < -0.4 is 5.73 Å². The number of nitrogens with two attached hydrogens (primary N) is 1. The van der Waals surface area contributed by atoms with Crippen LogP contribution in [0.25, 0.3) is 0 Å². The molecule has 0 spiro atoms. The molecule has 2 N–H and O–H groups in total. The molecule has 1 aromatic heterocycles. The van der Waals surface area contributed by atoms with Crippen molar-refractivity contribution in [2.75, 3.05) is 6.61 Å². The third-order valence-corrected chi connectivity index (χ3v) is 3.09. The fourth-order valence-corrected chi connectivity index (χ4v) is 2.06. The fraction of sp³-hybridized carbons (Fsp3) is 0.467. The molecule has 0 saturated carbocycles. The number of benzene rings is 1. The summed E-state index contributed by atoms with van der Waals surface area (Å²) in [5, 5.41) is 4.01. The van der Waals surface area contributed by atoms with E-state index in [1.807, 2.05) is 37.3 Å². The summed E-state index contributed by atoms with van der Waals surface area (Å²) in [5.74, 6) is 1.00. The molecule has 2 aromatic rings. The van der Waals surface area contributed by atoms with Crippen LogP contribution in [0.3, 0.4) is 0 Å². The third kappa shape index (κ3) is 3.43. The molecule has 2 atom stereocenters. The lowest BCUT2D eigenvalue weighted by Gasteiger charge is -2.11. The van der Waals surface area contributed by atoms with Gasteiger partial charge in [-0.3, -0.25) is 0 Å². The van der Waals surface area contributed by atoms with Gasteiger partial charge in [0.15, 0.2) is 0 Å². The second-order valence-electron chi connectivity index (χ2n) is 4.61. The highest BCUT2D eigenvalue weighted by Crippen LogP contribution is 2.23. The molecule has 0 bridgehead atoms. The summed E-state index contributed by atoms with van der Waals surface area (Å²) in [6, 6.07) is 9.31. The van der Waals surface area contributed by atoms with Crippen molar-refractivity contribution in [3.8, 4) is 0 Å². The molecule has 108 valence electrons. The van der Waals surface area contributed by atoms with Crippen molar-refractivity contribution in [3.05, 3.63) is 47.6 Å². The molecule has 0 fully saturated rings. The summed E-state index contributed by atoms with van der Waals surface area (Å²) < 4.78 is 10.9. The molecular formula is C15H21N3O2. The molecule has 0 aliphatic rings. The second-order valence-corrected chi connectivity index (χ2v) is 4.61. The lowest BCUT2D eigenvalue weighted by atomic mass is 10.1. The Balaban J connectivity index is 2.15. The summed E-state index contributed by atoms with van der Waals surface area (Å²) in [7, 11) is 0. The van der Waals surface area contributed by atoms with Gasteiger partial charge in [0.05, 0.1) is 0 Å². The first-order valence-electron chi connectivity index (χ1n) is 7.01. The first kappa shape index (κ1) is 14.7. The zero-order valence-corrected chi connectivity index (χ0v) is 12.0. The Labute approximate surface area is 119 Å². The van der Waals surface area contributed by atoms with Crippen LogP contribution in [0.5, 0.6) is 0 Å². The van der Waals surface area contributed by atoms with Crippen LogP contribution in [0.2, 0.25) is 0 Å². The van der Waals surface area contributed by atoms with Gasteiger partial charge in [0.2, 0.25) is 11.7 Å². The minimum absolute atomic E-state index is 0.120. The summed E-state index contributed by atoms with van der Waals surface area (Å²) in [4.78, 5) is 4.40. The van der Waals surface area contributed by atoms with Crippen molar-refractivity contribution < 1.29 is 9.26 Å². The van der Waals surface area contributed by atoms with Gasteiger partial charge in [-0.15, -0.1) is 0 Å². The van der Waals surface area contributed by atoms with E-state index in [9.17, 15) is 0 Å². The van der Waals surface area contributed by atoms with Gasteiger partial charge in [0, 0.05) is 6.61 Å². The Morgan fingerprint density at radius 2 is 2.00 bits per heavy atom. The Morgan fingerprint density at radius 1 is 1.25 bits per heavy atom. The first-order valence-corrected chi connectivity index (χ1v) is 7.01. The monoisotopic (exact) mass is 275 g/mol. The van der Waals surface area contributed by atoms with E-state index in [0.29, 0.717) is 18.3 Å². The van der Waals surface area contributed by atoms with E-state index in [0.717, 1.165) is 18.4 Å². The van der Waals surface area contributed by atoms with Gasteiger partial charge in [-0.05, 0) is 18.9 Å². The predicted molar refractivity (Wildman–Crippen MR) is 76.0 cm³/mol. The molecule has 0 amide bonds. The molecule has 0 aliphatic heterocycles. The molecule has 1 unspecified atom stereocenters. The molecule has 5 nitrogen and oxygen atoms in total. The number of hydrogen-bond donors (Lipinski definition) is 1. The van der Waals surface area contributed by atoms with E-state index < -0.39 is 6.04 Å². The minimum atomic E-state index is -0.402. The van der Waals surface area contributed by atoms with Crippen LogP contribution in [0, 0.1) is 0 Å². The topological polar surface area (TPSA) is 74.2 Å². The maximum Gasteiger partial charge on any atom is 0.248 e. The normalized spacial score (nSPS) is 14.2. The van der Waals surface area contributed by atoms with E-state index in [4.69, 9.17) is 15.0 Å². The van der Waals surface area contributed by atoms with Gasteiger partial charge < -0.3 is 15.0 Å². The molecule has 0 aliphatic carbocycles. The number of rotatable bonds is 7. The molecule has 0 radical (unpaired) electrons.